The van der Waals surface area contributed by atoms with E-state index in [9.17, 15) is 18.7 Å². The summed E-state index contributed by atoms with van der Waals surface area (Å²) in [7, 11) is 0. The third-order valence-corrected chi connectivity index (χ3v) is 0.875. The number of carbonyl (C=O) groups is 1. The molecule has 6 heteroatoms. The van der Waals surface area contributed by atoms with Gasteiger partial charge in [0.25, 0.3) is 0 Å². The number of hydrogen-bond acceptors (Lipinski definition) is 3. The topological polar surface area (TPSA) is 53.3 Å². The van der Waals surface area contributed by atoms with Crippen LogP contribution in [-0.4, -0.2) is 5.97 Å². The molecule has 0 unspecified atom stereocenters. The maximum absolute atomic E-state index is 12.1. The summed E-state index contributed by atoms with van der Waals surface area (Å²) < 4.78 is 28.0. The van der Waals surface area contributed by atoms with Gasteiger partial charge in [-0.3, -0.25) is 0 Å². The molecule has 3 nitrogen and oxygen atoms in total. The minimum atomic E-state index is -1.87. The Bertz CT molecular complexity index is 271. The summed E-state index contributed by atoms with van der Waals surface area (Å²) in [5, 5.41) is 9.82. The minimum Gasteiger partial charge on any atom is -0.541 e. The molecule has 0 saturated carbocycles. The predicted molar refractivity (Wildman–Crippen MR) is 23.0 cm³/mol. The van der Waals surface area contributed by atoms with Gasteiger partial charge in [0.15, 0.2) is 11.6 Å². The van der Waals surface area contributed by atoms with Crippen molar-refractivity contribution in [3.05, 3.63) is 23.7 Å². The van der Waals surface area contributed by atoms with Gasteiger partial charge in [0.1, 0.15) is 12.2 Å². The zero-order valence-electron chi connectivity index (χ0n) is 5.56. The molecule has 0 aromatic carbocycles. The van der Waals surface area contributed by atoms with E-state index in [1.54, 1.807) is 0 Å². The molecule has 54 valence electrons. The van der Waals surface area contributed by atoms with E-state index in [0.29, 0.717) is 6.26 Å². The van der Waals surface area contributed by atoms with Gasteiger partial charge in [0.05, 0.1) is 0 Å². The molecule has 0 atom stereocenters. The van der Waals surface area contributed by atoms with Crippen LogP contribution < -0.4 is 24.0 Å². The summed E-state index contributed by atoms with van der Waals surface area (Å²) in [5.41, 5.74) is 0. The summed E-state index contributed by atoms with van der Waals surface area (Å²) in [6.45, 7) is 0. The molecule has 1 heterocycles. The van der Waals surface area contributed by atoms with Gasteiger partial charge >= 0.3 is 18.9 Å². The standard InChI is InChI=1S/C5H2F2O3.Li/c6-2-1-10-4(3(2)7)5(8)9;/h1H,(H,8,9);/q;+1/p-1. The molecule has 0 radical (unpaired) electrons. The molecule has 0 bridgehead atoms. The quantitative estimate of drug-likeness (QED) is 0.403. The fourth-order valence-corrected chi connectivity index (χ4v) is 0.460. The van der Waals surface area contributed by atoms with E-state index >= 15 is 0 Å². The number of hydrogen-bond donors (Lipinski definition) is 0. The van der Waals surface area contributed by atoms with E-state index in [-0.39, 0.29) is 18.9 Å². The maximum Gasteiger partial charge on any atom is 1.00 e. The number of aromatic carboxylic acids is 1. The number of carbonyl (C=O) groups excluding carboxylic acids is 1. The van der Waals surface area contributed by atoms with Crippen LogP contribution >= 0.6 is 0 Å². The number of furan rings is 1. The van der Waals surface area contributed by atoms with Crippen molar-refractivity contribution < 1.29 is 42.0 Å². The molecule has 11 heavy (non-hydrogen) atoms. The van der Waals surface area contributed by atoms with Crippen LogP contribution in [0.25, 0.3) is 0 Å². The molecular formula is C5HF2LiO3. The molecule has 1 aromatic heterocycles. The summed E-state index contributed by atoms with van der Waals surface area (Å²) in [6, 6.07) is 0. The van der Waals surface area contributed by atoms with Crippen molar-refractivity contribution in [2.45, 2.75) is 0 Å². The Hall–Kier alpha value is -0.793. The Balaban J connectivity index is 0.000001000. The van der Waals surface area contributed by atoms with Gasteiger partial charge in [-0.15, -0.1) is 0 Å². The van der Waals surface area contributed by atoms with Crippen molar-refractivity contribution in [1.82, 2.24) is 0 Å². The van der Waals surface area contributed by atoms with Crippen molar-refractivity contribution in [3.63, 3.8) is 0 Å². The Morgan fingerprint density at radius 3 is 2.27 bits per heavy atom. The molecule has 1 aromatic rings. The zero-order valence-corrected chi connectivity index (χ0v) is 5.56. The molecule has 0 spiro atoms. The second-order valence-corrected chi connectivity index (χ2v) is 1.51. The monoisotopic (exact) mass is 154 g/mol. The van der Waals surface area contributed by atoms with E-state index in [1.807, 2.05) is 0 Å². The summed E-state index contributed by atoms with van der Waals surface area (Å²) >= 11 is 0. The van der Waals surface area contributed by atoms with Crippen LogP contribution in [-0.2, 0) is 0 Å². The smallest absolute Gasteiger partial charge is 0.541 e. The third-order valence-electron chi connectivity index (χ3n) is 0.875. The van der Waals surface area contributed by atoms with Gasteiger partial charge in [0, 0.05) is 0 Å². The molecule has 0 aliphatic heterocycles. The predicted octanol–water partition coefficient (Wildman–Crippen LogP) is -3.07. The van der Waals surface area contributed by atoms with Gasteiger partial charge in [-0.25, -0.2) is 4.39 Å². The SMILES string of the molecule is O=C([O-])c1occ(F)c1F.[Li+]. The summed E-state index contributed by atoms with van der Waals surface area (Å²) in [4.78, 5) is 9.82. The molecule has 0 saturated heterocycles. The first-order chi connectivity index (χ1) is 4.63. The average Bonchev–Trinajstić information content (AvgIpc) is 2.14. The molecule has 0 aliphatic rings. The van der Waals surface area contributed by atoms with E-state index in [2.05, 4.69) is 4.42 Å². The van der Waals surface area contributed by atoms with Gasteiger partial charge < -0.3 is 14.3 Å². The van der Waals surface area contributed by atoms with Crippen LogP contribution in [0.2, 0.25) is 0 Å². The summed E-state index contributed by atoms with van der Waals surface area (Å²) in [6.07, 6.45) is 0.362. The summed E-state index contributed by atoms with van der Waals surface area (Å²) in [5.74, 6) is -5.85. The fourth-order valence-electron chi connectivity index (χ4n) is 0.460. The first-order valence-electron chi connectivity index (χ1n) is 2.26. The Morgan fingerprint density at radius 1 is 1.55 bits per heavy atom. The van der Waals surface area contributed by atoms with Gasteiger partial charge in [-0.2, -0.15) is 4.39 Å². The normalized spacial score (nSPS) is 8.91. The van der Waals surface area contributed by atoms with Crippen molar-refractivity contribution >= 4 is 5.97 Å². The van der Waals surface area contributed by atoms with E-state index < -0.39 is 23.4 Å². The molecule has 0 amide bonds. The maximum atomic E-state index is 12.1. The van der Waals surface area contributed by atoms with E-state index in [1.165, 1.54) is 0 Å². The molecule has 0 fully saturated rings. The van der Waals surface area contributed by atoms with Crippen LogP contribution in [0.1, 0.15) is 10.6 Å². The van der Waals surface area contributed by atoms with Gasteiger partial charge in [-0.1, -0.05) is 0 Å². The molecular weight excluding hydrogens is 153 g/mol. The second kappa shape index (κ2) is 3.56. The minimum absolute atomic E-state index is 0. The van der Waals surface area contributed by atoms with Crippen molar-refractivity contribution in [2.24, 2.45) is 0 Å². The first kappa shape index (κ1) is 10.2. The largest absolute Gasteiger partial charge is 1.00 e. The van der Waals surface area contributed by atoms with E-state index in [0.717, 1.165) is 0 Å². The number of halogens is 2. The average molecular weight is 154 g/mol. The Morgan fingerprint density at radius 2 is 2.09 bits per heavy atom. The van der Waals surface area contributed by atoms with Gasteiger partial charge in [-0.05, 0) is 0 Å². The van der Waals surface area contributed by atoms with Crippen molar-refractivity contribution in [2.75, 3.05) is 0 Å². The van der Waals surface area contributed by atoms with E-state index in [4.69, 9.17) is 0 Å². The molecule has 0 aliphatic carbocycles. The number of rotatable bonds is 1. The van der Waals surface area contributed by atoms with Crippen LogP contribution in [0.3, 0.4) is 0 Å². The van der Waals surface area contributed by atoms with Crippen LogP contribution in [0.15, 0.2) is 10.7 Å². The third kappa shape index (κ3) is 1.82. The molecule has 1 rings (SSSR count). The Labute approximate surface area is 72.2 Å². The van der Waals surface area contributed by atoms with Crippen molar-refractivity contribution in [3.8, 4) is 0 Å². The zero-order chi connectivity index (χ0) is 7.72. The first-order valence-corrected chi connectivity index (χ1v) is 2.26. The fraction of sp³-hybridized carbons (Fsp3) is 0. The van der Waals surface area contributed by atoms with Gasteiger partial charge in [0.2, 0.25) is 5.82 Å². The second-order valence-electron chi connectivity index (χ2n) is 1.51. The van der Waals surface area contributed by atoms with Crippen molar-refractivity contribution in [1.29, 1.82) is 0 Å². The number of carboxylic acids is 1. The Kier molecular flexibility index (Phi) is 3.30. The van der Waals surface area contributed by atoms with Crippen LogP contribution in [0.5, 0.6) is 0 Å². The van der Waals surface area contributed by atoms with Crippen LogP contribution in [0.4, 0.5) is 8.78 Å². The number of carboxylic acid groups (broad SMARTS) is 1. The molecule has 0 N–H and O–H groups in total. The van der Waals surface area contributed by atoms with Crippen LogP contribution in [0, 0.1) is 11.6 Å².